The molecule has 0 aliphatic rings. The third-order valence-electron chi connectivity index (χ3n) is 3.29. The smallest absolute Gasteiger partial charge is 0.270 e. The van der Waals surface area contributed by atoms with Crippen molar-refractivity contribution in [3.8, 4) is 11.5 Å². The van der Waals surface area contributed by atoms with E-state index in [0.717, 1.165) is 6.07 Å². The topological polar surface area (TPSA) is 108 Å². The minimum Gasteiger partial charge on any atom is -0.497 e. The fraction of sp³-hybridized carbons (Fsp3) is 0.200. The summed E-state index contributed by atoms with van der Waals surface area (Å²) in [5.41, 5.74) is 0.312. The largest absolute Gasteiger partial charge is 0.497 e. The predicted octanol–water partition coefficient (Wildman–Crippen LogP) is 2.09. The Labute approximate surface area is 139 Å². The number of nitro groups is 1. The van der Waals surface area contributed by atoms with Gasteiger partial charge in [-0.2, -0.15) is 0 Å². The average Bonchev–Trinajstić information content (AvgIpc) is 2.59. The molecule has 0 fully saturated rings. The van der Waals surface area contributed by atoms with Crippen molar-refractivity contribution in [3.63, 3.8) is 0 Å². The normalized spacial score (nSPS) is 11.1. The fourth-order valence-electron chi connectivity index (χ4n) is 2.02. The van der Waals surface area contributed by atoms with Gasteiger partial charge in [0.15, 0.2) is 0 Å². The lowest BCUT2D eigenvalue weighted by Gasteiger charge is -2.11. The van der Waals surface area contributed by atoms with Crippen molar-refractivity contribution in [1.82, 2.24) is 4.72 Å². The summed E-state index contributed by atoms with van der Waals surface area (Å²) in [6.07, 6.45) is 0. The van der Waals surface area contributed by atoms with Crippen LogP contribution in [0.2, 0.25) is 0 Å². The molecule has 2 aromatic carbocycles. The molecule has 0 heterocycles. The highest BCUT2D eigenvalue weighted by Crippen LogP contribution is 2.25. The van der Waals surface area contributed by atoms with Gasteiger partial charge >= 0.3 is 0 Å². The summed E-state index contributed by atoms with van der Waals surface area (Å²) >= 11 is 0. The molecule has 0 radical (unpaired) electrons. The molecule has 8 nitrogen and oxygen atoms in total. The molecule has 0 aromatic heterocycles. The van der Waals surface area contributed by atoms with Gasteiger partial charge in [-0.3, -0.25) is 10.1 Å². The van der Waals surface area contributed by atoms with E-state index in [4.69, 9.17) is 9.47 Å². The lowest BCUT2D eigenvalue weighted by molar-refractivity contribution is -0.385. The molecule has 0 spiro atoms. The summed E-state index contributed by atoms with van der Waals surface area (Å²) in [6, 6.07) is 9.84. The Balaban J connectivity index is 2.22. The SMILES string of the molecule is COc1ccc(CNS(=O)(=O)c2cccc([N+](=O)[O-])c2)c(OC)c1. The first-order chi connectivity index (χ1) is 11.4. The second kappa shape index (κ2) is 7.28. The quantitative estimate of drug-likeness (QED) is 0.604. The van der Waals surface area contributed by atoms with Crippen LogP contribution < -0.4 is 14.2 Å². The van der Waals surface area contributed by atoms with Gasteiger partial charge < -0.3 is 9.47 Å². The Bertz CT molecular complexity index is 851. The van der Waals surface area contributed by atoms with E-state index in [2.05, 4.69) is 4.72 Å². The second-order valence-electron chi connectivity index (χ2n) is 4.76. The van der Waals surface area contributed by atoms with Crippen LogP contribution in [-0.2, 0) is 16.6 Å². The van der Waals surface area contributed by atoms with Crippen molar-refractivity contribution in [3.05, 3.63) is 58.1 Å². The molecular formula is C15H16N2O6S. The van der Waals surface area contributed by atoms with Crippen LogP contribution in [0, 0.1) is 10.1 Å². The van der Waals surface area contributed by atoms with Crippen LogP contribution in [-0.4, -0.2) is 27.6 Å². The van der Waals surface area contributed by atoms with E-state index in [1.54, 1.807) is 18.2 Å². The first-order valence-corrected chi connectivity index (χ1v) is 8.30. The van der Waals surface area contributed by atoms with Crippen molar-refractivity contribution >= 4 is 15.7 Å². The van der Waals surface area contributed by atoms with E-state index in [0.29, 0.717) is 17.1 Å². The Morgan fingerprint density at radius 3 is 2.50 bits per heavy atom. The number of ether oxygens (including phenoxy) is 2. The van der Waals surface area contributed by atoms with Gasteiger partial charge in [0.25, 0.3) is 5.69 Å². The van der Waals surface area contributed by atoms with Crippen molar-refractivity contribution < 1.29 is 22.8 Å². The highest BCUT2D eigenvalue weighted by molar-refractivity contribution is 7.89. The van der Waals surface area contributed by atoms with Gasteiger partial charge in [0.2, 0.25) is 10.0 Å². The highest BCUT2D eigenvalue weighted by atomic mass is 32.2. The maximum Gasteiger partial charge on any atom is 0.270 e. The van der Waals surface area contributed by atoms with Crippen LogP contribution in [0.3, 0.4) is 0 Å². The van der Waals surface area contributed by atoms with Crippen LogP contribution in [0.5, 0.6) is 11.5 Å². The Hall–Kier alpha value is -2.65. The van der Waals surface area contributed by atoms with Crippen LogP contribution in [0.1, 0.15) is 5.56 Å². The number of nitro benzene ring substituents is 1. The molecule has 0 atom stereocenters. The molecule has 0 aliphatic carbocycles. The van der Waals surface area contributed by atoms with Crippen molar-refractivity contribution in [2.24, 2.45) is 0 Å². The standard InChI is InChI=1S/C15H16N2O6S/c1-22-13-7-6-11(15(9-13)23-2)10-16-24(20,21)14-5-3-4-12(8-14)17(18)19/h3-9,16H,10H2,1-2H3. The molecule has 2 rings (SSSR count). The lowest BCUT2D eigenvalue weighted by Crippen LogP contribution is -2.23. The number of non-ortho nitro benzene ring substituents is 1. The molecule has 0 bridgehead atoms. The molecular weight excluding hydrogens is 336 g/mol. The maximum absolute atomic E-state index is 12.3. The molecule has 0 amide bonds. The van der Waals surface area contributed by atoms with E-state index in [1.807, 2.05) is 0 Å². The predicted molar refractivity (Wildman–Crippen MR) is 86.7 cm³/mol. The van der Waals surface area contributed by atoms with Gasteiger partial charge in [0.05, 0.1) is 24.0 Å². The number of nitrogens with one attached hydrogen (secondary N) is 1. The number of hydrogen-bond donors (Lipinski definition) is 1. The number of hydrogen-bond acceptors (Lipinski definition) is 6. The fourth-order valence-corrected chi connectivity index (χ4v) is 3.06. The first kappa shape index (κ1) is 17.7. The Morgan fingerprint density at radius 2 is 1.88 bits per heavy atom. The summed E-state index contributed by atoms with van der Waals surface area (Å²) in [7, 11) is -0.917. The van der Waals surface area contributed by atoms with E-state index < -0.39 is 14.9 Å². The van der Waals surface area contributed by atoms with E-state index in [9.17, 15) is 18.5 Å². The molecule has 1 N–H and O–H groups in total. The molecule has 2 aromatic rings. The zero-order valence-corrected chi connectivity index (χ0v) is 13.9. The van der Waals surface area contributed by atoms with Gasteiger partial charge in [-0.15, -0.1) is 0 Å². The number of benzene rings is 2. The van der Waals surface area contributed by atoms with Crippen LogP contribution in [0.15, 0.2) is 47.4 Å². The van der Waals surface area contributed by atoms with E-state index in [1.165, 1.54) is 32.4 Å². The monoisotopic (exact) mass is 352 g/mol. The van der Waals surface area contributed by atoms with E-state index in [-0.39, 0.29) is 17.1 Å². The second-order valence-corrected chi connectivity index (χ2v) is 6.52. The highest BCUT2D eigenvalue weighted by Gasteiger charge is 2.18. The minimum atomic E-state index is -3.90. The van der Waals surface area contributed by atoms with Crippen LogP contribution in [0.4, 0.5) is 5.69 Å². The summed E-state index contributed by atoms with van der Waals surface area (Å²) in [6.45, 7) is -0.0296. The average molecular weight is 352 g/mol. The van der Waals surface area contributed by atoms with Gasteiger partial charge in [-0.1, -0.05) is 12.1 Å². The number of sulfonamides is 1. The van der Waals surface area contributed by atoms with Crippen LogP contribution in [0.25, 0.3) is 0 Å². The molecule has 24 heavy (non-hydrogen) atoms. The molecule has 128 valence electrons. The van der Waals surface area contributed by atoms with Gasteiger partial charge in [0.1, 0.15) is 11.5 Å². The zero-order valence-electron chi connectivity index (χ0n) is 13.1. The third kappa shape index (κ3) is 4.00. The van der Waals surface area contributed by atoms with Crippen molar-refractivity contribution in [2.45, 2.75) is 11.4 Å². The summed E-state index contributed by atoms with van der Waals surface area (Å²) < 4.78 is 37.3. The molecule has 0 unspecified atom stereocenters. The van der Waals surface area contributed by atoms with E-state index >= 15 is 0 Å². The third-order valence-corrected chi connectivity index (χ3v) is 4.68. The minimum absolute atomic E-state index is 0.0296. The van der Waals surface area contributed by atoms with Gasteiger partial charge in [-0.05, 0) is 12.1 Å². The Morgan fingerprint density at radius 1 is 1.12 bits per heavy atom. The number of rotatable bonds is 7. The number of methoxy groups -OCH3 is 2. The van der Waals surface area contributed by atoms with Crippen molar-refractivity contribution in [2.75, 3.05) is 14.2 Å². The van der Waals surface area contributed by atoms with Gasteiger partial charge in [-0.25, -0.2) is 13.1 Å². The lowest BCUT2D eigenvalue weighted by atomic mass is 10.2. The van der Waals surface area contributed by atoms with Gasteiger partial charge in [0, 0.05) is 30.3 Å². The number of nitrogens with zero attached hydrogens (tertiary/aromatic N) is 1. The van der Waals surface area contributed by atoms with Crippen molar-refractivity contribution in [1.29, 1.82) is 0 Å². The van der Waals surface area contributed by atoms with Crippen LogP contribution >= 0.6 is 0 Å². The molecule has 0 aliphatic heterocycles. The molecule has 9 heteroatoms. The molecule has 0 saturated carbocycles. The summed E-state index contributed by atoms with van der Waals surface area (Å²) in [5, 5.41) is 10.8. The summed E-state index contributed by atoms with van der Waals surface area (Å²) in [4.78, 5) is 9.94. The maximum atomic E-state index is 12.3. The zero-order chi connectivity index (χ0) is 17.7. The Kier molecular flexibility index (Phi) is 5.37. The molecule has 0 saturated heterocycles. The summed E-state index contributed by atoms with van der Waals surface area (Å²) in [5.74, 6) is 1.05. The first-order valence-electron chi connectivity index (χ1n) is 6.82.